The molecule has 0 spiro atoms. The van der Waals surface area contributed by atoms with Crippen molar-refractivity contribution in [1.82, 2.24) is 0 Å². The maximum Gasteiger partial charge on any atom is 0.339 e. The minimum atomic E-state index is -0.275. The number of ether oxygens (including phenoxy) is 1. The van der Waals surface area contributed by atoms with E-state index in [1.165, 1.54) is 0 Å². The molecule has 82 valence electrons. The Bertz CT molecular complexity index is 350. The molecule has 0 unspecified atom stereocenters. The van der Waals surface area contributed by atoms with Crippen molar-refractivity contribution in [2.24, 2.45) is 0 Å². The summed E-state index contributed by atoms with van der Waals surface area (Å²) in [5.41, 5.74) is 0.564. The average molecular weight is 336 g/mol. The van der Waals surface area contributed by atoms with Crippen LogP contribution >= 0.6 is 31.9 Å². The largest absolute Gasteiger partial charge is 0.462 e. The lowest BCUT2D eigenvalue weighted by Gasteiger charge is -2.05. The molecule has 0 atom stereocenters. The molecule has 0 aromatic heterocycles. The number of halogens is 2. The fourth-order valence-electron chi connectivity index (χ4n) is 1.04. The number of carbonyl (C=O) groups excluding carboxylic acids is 1. The van der Waals surface area contributed by atoms with Crippen LogP contribution in [0.1, 0.15) is 30.1 Å². The molecule has 1 aromatic carbocycles. The molecule has 4 heteroatoms. The van der Waals surface area contributed by atoms with Gasteiger partial charge < -0.3 is 4.74 Å². The molecule has 0 radical (unpaired) electrons. The highest BCUT2D eigenvalue weighted by atomic mass is 79.9. The molecule has 0 aliphatic rings. The van der Waals surface area contributed by atoms with Gasteiger partial charge in [-0.05, 0) is 40.5 Å². The van der Waals surface area contributed by atoms with Crippen LogP contribution in [0.3, 0.4) is 0 Å². The highest BCUT2D eigenvalue weighted by Crippen LogP contribution is 2.22. The van der Waals surface area contributed by atoms with Crippen LogP contribution in [0.4, 0.5) is 0 Å². The molecule has 0 bridgehead atoms. The highest BCUT2D eigenvalue weighted by molar-refractivity contribution is 9.11. The van der Waals surface area contributed by atoms with E-state index in [9.17, 15) is 4.79 Å². The van der Waals surface area contributed by atoms with Crippen molar-refractivity contribution in [1.29, 1.82) is 0 Å². The minimum absolute atomic E-state index is 0.275. The van der Waals surface area contributed by atoms with Crippen molar-refractivity contribution in [2.75, 3.05) is 6.61 Å². The topological polar surface area (TPSA) is 26.3 Å². The molecule has 0 aliphatic heterocycles. The second-order valence-corrected chi connectivity index (χ2v) is 4.88. The number of esters is 1. The van der Waals surface area contributed by atoms with Crippen LogP contribution in [0.5, 0.6) is 0 Å². The Kier molecular flexibility index (Phi) is 5.32. The van der Waals surface area contributed by atoms with E-state index in [-0.39, 0.29) is 5.97 Å². The van der Waals surface area contributed by atoms with Crippen LogP contribution in [0.25, 0.3) is 0 Å². The summed E-state index contributed by atoms with van der Waals surface area (Å²) in [7, 11) is 0. The Hall–Kier alpha value is -0.350. The van der Waals surface area contributed by atoms with E-state index in [1.807, 2.05) is 12.1 Å². The zero-order valence-electron chi connectivity index (χ0n) is 8.43. The molecule has 1 rings (SSSR count). The summed E-state index contributed by atoms with van der Waals surface area (Å²) in [4.78, 5) is 11.6. The van der Waals surface area contributed by atoms with Crippen molar-refractivity contribution in [3.05, 3.63) is 32.7 Å². The molecular formula is C11H12Br2O2. The molecule has 1 aromatic rings. The summed E-state index contributed by atoms with van der Waals surface area (Å²) in [6, 6.07) is 5.39. The molecule has 0 saturated carbocycles. The lowest BCUT2D eigenvalue weighted by Crippen LogP contribution is -2.06. The number of hydrogen-bond donors (Lipinski definition) is 0. The fraction of sp³-hybridized carbons (Fsp3) is 0.364. The van der Waals surface area contributed by atoms with Crippen LogP contribution in [-0.2, 0) is 4.74 Å². The first-order chi connectivity index (χ1) is 7.15. The van der Waals surface area contributed by atoms with Gasteiger partial charge in [-0.3, -0.25) is 0 Å². The quantitative estimate of drug-likeness (QED) is 0.609. The third-order valence-corrected chi connectivity index (χ3v) is 3.03. The molecule has 0 fully saturated rings. The number of carbonyl (C=O) groups is 1. The van der Waals surface area contributed by atoms with E-state index in [4.69, 9.17) is 4.74 Å². The lowest BCUT2D eigenvalue weighted by molar-refractivity contribution is 0.0498. The number of benzene rings is 1. The van der Waals surface area contributed by atoms with Gasteiger partial charge in [-0.1, -0.05) is 29.3 Å². The van der Waals surface area contributed by atoms with Crippen molar-refractivity contribution >= 4 is 37.8 Å². The van der Waals surface area contributed by atoms with Gasteiger partial charge in [0.25, 0.3) is 0 Å². The molecule has 2 nitrogen and oxygen atoms in total. The summed E-state index contributed by atoms with van der Waals surface area (Å²) >= 11 is 6.65. The molecule has 0 aliphatic carbocycles. The van der Waals surface area contributed by atoms with E-state index < -0.39 is 0 Å². The van der Waals surface area contributed by atoms with Gasteiger partial charge in [0.05, 0.1) is 12.2 Å². The first-order valence-corrected chi connectivity index (χ1v) is 6.36. The smallest absolute Gasteiger partial charge is 0.339 e. The van der Waals surface area contributed by atoms with Crippen LogP contribution in [-0.4, -0.2) is 12.6 Å². The van der Waals surface area contributed by atoms with E-state index in [1.54, 1.807) is 6.07 Å². The van der Waals surface area contributed by atoms with Crippen LogP contribution in [0, 0.1) is 0 Å². The SMILES string of the molecule is CCCCOC(=O)c1ccc(Br)cc1Br. The molecule has 0 N–H and O–H groups in total. The first-order valence-electron chi connectivity index (χ1n) is 4.77. The molecule has 0 saturated heterocycles. The van der Waals surface area contributed by atoms with Gasteiger partial charge in [-0.15, -0.1) is 0 Å². The zero-order valence-corrected chi connectivity index (χ0v) is 11.6. The third kappa shape index (κ3) is 3.95. The van der Waals surface area contributed by atoms with Crippen molar-refractivity contribution in [3.63, 3.8) is 0 Å². The normalized spacial score (nSPS) is 10.1. The van der Waals surface area contributed by atoms with E-state index in [0.717, 1.165) is 21.8 Å². The summed E-state index contributed by atoms with van der Waals surface area (Å²) < 4.78 is 6.78. The van der Waals surface area contributed by atoms with Gasteiger partial charge in [0.1, 0.15) is 0 Å². The first kappa shape index (κ1) is 12.7. The summed E-state index contributed by atoms with van der Waals surface area (Å²) in [6.07, 6.45) is 1.93. The van der Waals surface area contributed by atoms with E-state index >= 15 is 0 Å². The van der Waals surface area contributed by atoms with Crippen LogP contribution in [0.15, 0.2) is 27.1 Å². The maximum atomic E-state index is 11.6. The molecular weight excluding hydrogens is 324 g/mol. The zero-order chi connectivity index (χ0) is 11.3. The fourth-order valence-corrected chi connectivity index (χ4v) is 2.25. The highest BCUT2D eigenvalue weighted by Gasteiger charge is 2.10. The van der Waals surface area contributed by atoms with Gasteiger partial charge >= 0.3 is 5.97 Å². The van der Waals surface area contributed by atoms with E-state index in [2.05, 4.69) is 38.8 Å². The van der Waals surface area contributed by atoms with E-state index in [0.29, 0.717) is 12.2 Å². The molecule has 0 heterocycles. The van der Waals surface area contributed by atoms with Crippen LogP contribution < -0.4 is 0 Å². The van der Waals surface area contributed by atoms with Crippen LogP contribution in [0.2, 0.25) is 0 Å². The van der Waals surface area contributed by atoms with Gasteiger partial charge in [0, 0.05) is 8.95 Å². The lowest BCUT2D eigenvalue weighted by atomic mass is 10.2. The second kappa shape index (κ2) is 6.28. The number of hydrogen-bond acceptors (Lipinski definition) is 2. The standard InChI is InChI=1S/C11H12Br2O2/c1-2-3-6-15-11(14)9-5-4-8(12)7-10(9)13/h4-5,7H,2-3,6H2,1H3. The minimum Gasteiger partial charge on any atom is -0.462 e. The monoisotopic (exact) mass is 334 g/mol. The molecule has 0 amide bonds. The van der Waals surface area contributed by atoms with Gasteiger partial charge in [-0.2, -0.15) is 0 Å². The van der Waals surface area contributed by atoms with Gasteiger partial charge in [0.15, 0.2) is 0 Å². The Balaban J connectivity index is 2.65. The maximum absolute atomic E-state index is 11.6. The van der Waals surface area contributed by atoms with Crippen molar-refractivity contribution < 1.29 is 9.53 Å². The molecule has 15 heavy (non-hydrogen) atoms. The summed E-state index contributed by atoms with van der Waals surface area (Å²) in [6.45, 7) is 2.54. The average Bonchev–Trinajstić information content (AvgIpc) is 2.17. The van der Waals surface area contributed by atoms with Crippen molar-refractivity contribution in [2.45, 2.75) is 19.8 Å². The van der Waals surface area contributed by atoms with Gasteiger partial charge in [0.2, 0.25) is 0 Å². The number of rotatable bonds is 4. The Morgan fingerprint density at radius 1 is 1.40 bits per heavy atom. The Morgan fingerprint density at radius 3 is 2.73 bits per heavy atom. The van der Waals surface area contributed by atoms with Gasteiger partial charge in [-0.25, -0.2) is 4.79 Å². The third-order valence-electron chi connectivity index (χ3n) is 1.88. The predicted octanol–water partition coefficient (Wildman–Crippen LogP) is 4.17. The second-order valence-electron chi connectivity index (χ2n) is 3.11. The number of unbranched alkanes of at least 4 members (excludes halogenated alkanes) is 1. The Labute approximate surface area is 106 Å². The van der Waals surface area contributed by atoms with Crippen molar-refractivity contribution in [3.8, 4) is 0 Å². The predicted molar refractivity (Wildman–Crippen MR) is 67.0 cm³/mol. The Morgan fingerprint density at radius 2 is 2.13 bits per heavy atom. The summed E-state index contributed by atoms with van der Waals surface area (Å²) in [5, 5.41) is 0. The summed E-state index contributed by atoms with van der Waals surface area (Å²) in [5.74, 6) is -0.275.